The van der Waals surface area contributed by atoms with Crippen LogP contribution in [0.3, 0.4) is 0 Å². The van der Waals surface area contributed by atoms with Gasteiger partial charge in [0.15, 0.2) is 0 Å². The summed E-state index contributed by atoms with van der Waals surface area (Å²) >= 11 is 0. The Hall–Kier alpha value is 3.64. The first kappa shape index (κ1) is 41.9. The van der Waals surface area contributed by atoms with Crippen LogP contribution in [0.25, 0.3) is 0 Å². The van der Waals surface area contributed by atoms with Gasteiger partial charge in [-0.25, -0.2) is 33.7 Å². The third kappa shape index (κ3) is 50.0. The van der Waals surface area contributed by atoms with Crippen LogP contribution < -0.4 is 118 Å². The molecule has 0 unspecified atom stereocenters. The SMILES string of the molecule is O=S(=O)([O-])CCS(=O)(=O)[O-].O=S(=O)([O-])CCS(=O)(=O)[O-].[Na+].[Na+].[Na+].[Na+]. The van der Waals surface area contributed by atoms with Crippen LogP contribution in [-0.4, -0.2) is 74.9 Å². The van der Waals surface area contributed by atoms with Crippen molar-refractivity contribution >= 4 is 40.5 Å². The minimum absolute atomic E-state index is 0. The van der Waals surface area contributed by atoms with Crippen LogP contribution in [0.5, 0.6) is 0 Å². The van der Waals surface area contributed by atoms with Gasteiger partial charge in [-0.05, 0) is 0 Å². The molecule has 124 valence electrons. The second-order valence-corrected chi connectivity index (χ2v) is 9.14. The van der Waals surface area contributed by atoms with Crippen LogP contribution in [-0.2, 0) is 40.5 Å². The van der Waals surface area contributed by atoms with Crippen molar-refractivity contribution < 1.29 is 170 Å². The molecule has 20 heteroatoms. The van der Waals surface area contributed by atoms with Crippen molar-refractivity contribution in [3.8, 4) is 0 Å². The summed E-state index contributed by atoms with van der Waals surface area (Å²) in [5.41, 5.74) is 0. The Kier molecular flexibility index (Phi) is 30.5. The van der Waals surface area contributed by atoms with E-state index in [1.807, 2.05) is 0 Å². The Morgan fingerprint density at radius 2 is 0.458 bits per heavy atom. The van der Waals surface area contributed by atoms with Gasteiger partial charge in [0.25, 0.3) is 0 Å². The normalized spacial score (nSPS) is 11.2. The molecule has 0 fully saturated rings. The van der Waals surface area contributed by atoms with Gasteiger partial charge in [0.2, 0.25) is 0 Å². The molecule has 0 amide bonds. The van der Waals surface area contributed by atoms with Crippen LogP contribution >= 0.6 is 0 Å². The fraction of sp³-hybridized carbons (Fsp3) is 1.00. The van der Waals surface area contributed by atoms with Gasteiger partial charge < -0.3 is 18.2 Å². The molecule has 0 aromatic rings. The summed E-state index contributed by atoms with van der Waals surface area (Å²) in [6, 6.07) is 0. The monoisotopic (exact) mass is 468 g/mol. The van der Waals surface area contributed by atoms with E-state index in [0.29, 0.717) is 0 Å². The summed E-state index contributed by atoms with van der Waals surface area (Å²) in [6.45, 7) is 0. The van der Waals surface area contributed by atoms with E-state index >= 15 is 0 Å². The van der Waals surface area contributed by atoms with Gasteiger partial charge in [0.1, 0.15) is 0 Å². The van der Waals surface area contributed by atoms with Crippen LogP contribution in [0.15, 0.2) is 0 Å². The number of hydrogen-bond donors (Lipinski definition) is 0. The fourth-order valence-electron chi connectivity index (χ4n) is 0.408. The second-order valence-electron chi connectivity index (χ2n) is 3.05. The van der Waals surface area contributed by atoms with Gasteiger partial charge in [-0.2, -0.15) is 0 Å². The minimum Gasteiger partial charge on any atom is -0.748 e. The standard InChI is InChI=1S/2C2H6O6S2.4Na/c2*3-9(4,5)1-2-10(6,7)8;;;;/h2*1-2H2,(H,3,4,5)(H,6,7,8);;;;/q;;4*+1/p-4. The van der Waals surface area contributed by atoms with E-state index in [1.165, 1.54) is 0 Å². The molecular formula is C4H8Na4O12S4. The van der Waals surface area contributed by atoms with E-state index in [1.54, 1.807) is 0 Å². The molecular weight excluding hydrogens is 460 g/mol. The molecule has 0 aliphatic carbocycles. The molecule has 0 saturated carbocycles. The van der Waals surface area contributed by atoms with Gasteiger partial charge in [0, 0.05) is 0 Å². The molecule has 0 atom stereocenters. The topological polar surface area (TPSA) is 229 Å². The molecule has 0 aliphatic rings. The van der Waals surface area contributed by atoms with E-state index in [4.69, 9.17) is 0 Å². The zero-order valence-electron chi connectivity index (χ0n) is 13.4. The Balaban J connectivity index is -0.0000000579. The third-order valence-corrected chi connectivity index (χ3v) is 4.50. The maximum absolute atomic E-state index is 9.72. The van der Waals surface area contributed by atoms with Crippen molar-refractivity contribution in [1.29, 1.82) is 0 Å². The van der Waals surface area contributed by atoms with E-state index in [-0.39, 0.29) is 118 Å². The molecule has 0 N–H and O–H groups in total. The predicted octanol–water partition coefficient (Wildman–Crippen LogP) is -15.8. The summed E-state index contributed by atoms with van der Waals surface area (Å²) in [7, 11) is -18.3. The number of hydrogen-bond acceptors (Lipinski definition) is 12. The molecule has 0 bridgehead atoms. The Bertz CT molecular complexity index is 579. The van der Waals surface area contributed by atoms with E-state index < -0.39 is 63.5 Å². The van der Waals surface area contributed by atoms with Gasteiger partial charge in [-0.1, -0.05) is 0 Å². The molecule has 0 aliphatic heterocycles. The van der Waals surface area contributed by atoms with Gasteiger partial charge in [0.05, 0.1) is 63.5 Å². The first-order valence-corrected chi connectivity index (χ1v) is 10.5. The minimum atomic E-state index is -4.59. The number of rotatable bonds is 6. The van der Waals surface area contributed by atoms with E-state index in [2.05, 4.69) is 0 Å². The molecule has 12 nitrogen and oxygen atoms in total. The maximum Gasteiger partial charge on any atom is 1.00 e. The first-order valence-electron chi connectivity index (χ1n) is 4.15. The van der Waals surface area contributed by atoms with Crippen LogP contribution in [0, 0.1) is 0 Å². The molecule has 0 heterocycles. The van der Waals surface area contributed by atoms with Crippen molar-refractivity contribution in [2.24, 2.45) is 0 Å². The zero-order valence-corrected chi connectivity index (χ0v) is 24.6. The van der Waals surface area contributed by atoms with E-state index in [0.717, 1.165) is 0 Å². The van der Waals surface area contributed by atoms with Gasteiger partial charge >= 0.3 is 118 Å². The second kappa shape index (κ2) is 17.5. The van der Waals surface area contributed by atoms with E-state index in [9.17, 15) is 51.9 Å². The fourth-order valence-corrected chi connectivity index (χ4v) is 3.67. The van der Waals surface area contributed by atoms with Gasteiger partial charge in [-0.3, -0.25) is 0 Å². The average Bonchev–Trinajstić information content (AvgIpc) is 2.09. The van der Waals surface area contributed by atoms with Crippen molar-refractivity contribution in [1.82, 2.24) is 0 Å². The summed E-state index contributed by atoms with van der Waals surface area (Å²) < 4.78 is 117. The summed E-state index contributed by atoms with van der Waals surface area (Å²) in [5.74, 6) is -4.62. The largest absolute Gasteiger partial charge is 1.00 e. The molecule has 0 radical (unpaired) electrons. The molecule has 0 saturated heterocycles. The summed E-state index contributed by atoms with van der Waals surface area (Å²) in [6.07, 6.45) is 0. The van der Waals surface area contributed by atoms with Gasteiger partial charge in [-0.15, -0.1) is 0 Å². The van der Waals surface area contributed by atoms with Crippen molar-refractivity contribution in [2.45, 2.75) is 0 Å². The van der Waals surface area contributed by atoms with Crippen LogP contribution in [0.2, 0.25) is 0 Å². The molecule has 0 spiro atoms. The maximum atomic E-state index is 9.72. The molecule has 0 rings (SSSR count). The van der Waals surface area contributed by atoms with Crippen molar-refractivity contribution in [3.05, 3.63) is 0 Å². The van der Waals surface area contributed by atoms with Crippen molar-refractivity contribution in [3.63, 3.8) is 0 Å². The first-order chi connectivity index (χ1) is 8.41. The summed E-state index contributed by atoms with van der Waals surface area (Å²) in [4.78, 5) is 0. The van der Waals surface area contributed by atoms with Crippen molar-refractivity contribution in [2.75, 3.05) is 23.0 Å². The molecule has 0 aromatic carbocycles. The molecule has 24 heavy (non-hydrogen) atoms. The Morgan fingerprint density at radius 1 is 0.375 bits per heavy atom. The smallest absolute Gasteiger partial charge is 0.748 e. The third-order valence-electron chi connectivity index (χ3n) is 1.17. The average molecular weight is 468 g/mol. The molecule has 0 aromatic heterocycles. The Labute approximate surface area is 229 Å². The Morgan fingerprint density at radius 3 is 0.500 bits per heavy atom. The zero-order chi connectivity index (χ0) is 16.8. The predicted molar refractivity (Wildman–Crippen MR) is 58.3 cm³/mol. The quantitative estimate of drug-likeness (QED) is 0.261. The van der Waals surface area contributed by atoms with Crippen LogP contribution in [0.1, 0.15) is 0 Å². The summed E-state index contributed by atoms with van der Waals surface area (Å²) in [5, 5.41) is 0. The van der Waals surface area contributed by atoms with Crippen LogP contribution in [0.4, 0.5) is 0 Å².